The summed E-state index contributed by atoms with van der Waals surface area (Å²) < 4.78 is 38.1. The van der Waals surface area contributed by atoms with Gasteiger partial charge in [-0.3, -0.25) is 10.1 Å². The Labute approximate surface area is 183 Å². The summed E-state index contributed by atoms with van der Waals surface area (Å²) in [6, 6.07) is 5.91. The zero-order chi connectivity index (χ0) is 22.0. The number of benzene rings is 1. The van der Waals surface area contributed by atoms with Crippen molar-refractivity contribution in [2.45, 2.75) is 60.9 Å². The van der Waals surface area contributed by atoms with Crippen LogP contribution in [0.2, 0.25) is 0 Å². The van der Waals surface area contributed by atoms with Gasteiger partial charge in [0.05, 0.1) is 22.4 Å². The van der Waals surface area contributed by atoms with Crippen LogP contribution < -0.4 is 5.32 Å². The molecule has 0 saturated heterocycles. The Morgan fingerprint density at radius 2 is 1.84 bits per heavy atom. The fraction of sp³-hybridized carbons (Fsp3) is 0.450. The van der Waals surface area contributed by atoms with Crippen molar-refractivity contribution in [3.8, 4) is 0 Å². The Bertz CT molecular complexity index is 1070. The van der Waals surface area contributed by atoms with E-state index in [1.54, 1.807) is 0 Å². The second kappa shape index (κ2) is 9.01. The summed E-state index contributed by atoms with van der Waals surface area (Å²) in [5.41, 5.74) is 0.289. The first-order valence-electron chi connectivity index (χ1n) is 10.0. The van der Waals surface area contributed by atoms with Gasteiger partial charge in [-0.2, -0.15) is 4.39 Å². The van der Waals surface area contributed by atoms with Crippen LogP contribution in [0.3, 0.4) is 0 Å². The first-order valence-corrected chi connectivity index (χ1v) is 12.4. The number of carbonyl (C=O) groups excluding carboxylic acids is 1. The largest absolute Gasteiger partial charge is 0.393 e. The van der Waals surface area contributed by atoms with Gasteiger partial charge >= 0.3 is 0 Å². The van der Waals surface area contributed by atoms with E-state index in [2.05, 4.69) is 15.5 Å². The molecule has 166 valence electrons. The highest BCUT2D eigenvalue weighted by atomic mass is 32.2. The molecule has 4 rings (SSSR count). The maximum absolute atomic E-state index is 13.2. The Morgan fingerprint density at radius 3 is 2.42 bits per heavy atom. The molecule has 0 aliphatic heterocycles. The minimum atomic E-state index is -3.35. The van der Waals surface area contributed by atoms with Gasteiger partial charge in [0.2, 0.25) is 0 Å². The van der Waals surface area contributed by atoms with E-state index in [0.717, 1.165) is 6.20 Å². The van der Waals surface area contributed by atoms with Crippen molar-refractivity contribution >= 4 is 37.9 Å². The van der Waals surface area contributed by atoms with E-state index in [9.17, 15) is 22.7 Å². The summed E-state index contributed by atoms with van der Waals surface area (Å²) in [6.07, 6.45) is 4.12. The van der Waals surface area contributed by atoms with Crippen LogP contribution in [0.1, 0.15) is 44.1 Å². The number of hydrogen-bond acceptors (Lipinski definition) is 8. The second-order valence-electron chi connectivity index (χ2n) is 7.67. The number of oxime groups is 1. The minimum Gasteiger partial charge on any atom is -0.393 e. The van der Waals surface area contributed by atoms with Crippen LogP contribution in [0.5, 0.6) is 0 Å². The molecule has 2 N–H and O–H groups in total. The highest BCUT2D eigenvalue weighted by molar-refractivity contribution is 7.92. The Hall–Kier alpha value is -2.37. The highest BCUT2D eigenvalue weighted by Gasteiger charge is 2.36. The molecule has 2 fully saturated rings. The Balaban J connectivity index is 1.56. The number of carbonyl (C=O) groups is 1. The zero-order valence-electron chi connectivity index (χ0n) is 16.5. The van der Waals surface area contributed by atoms with Gasteiger partial charge in [0.1, 0.15) is 6.10 Å². The number of rotatable bonds is 7. The number of amides is 1. The second-order valence-corrected chi connectivity index (χ2v) is 10.9. The molecule has 1 heterocycles. The lowest BCUT2D eigenvalue weighted by Crippen LogP contribution is -2.27. The number of nitrogens with zero attached hydrogens (tertiary/aromatic N) is 2. The third-order valence-corrected chi connectivity index (χ3v) is 8.25. The predicted octanol–water partition coefficient (Wildman–Crippen LogP) is 2.88. The molecule has 11 heteroatoms. The number of aliphatic hydroxyl groups is 1. The first kappa shape index (κ1) is 21.8. The van der Waals surface area contributed by atoms with Gasteiger partial charge in [-0.1, -0.05) is 28.6 Å². The molecule has 0 unspecified atom stereocenters. The average molecular weight is 468 g/mol. The molecule has 2 aliphatic rings. The average Bonchev–Trinajstić information content (AvgIpc) is 3.54. The summed E-state index contributed by atoms with van der Waals surface area (Å²) in [5.74, 6) is -0.650. The number of sulfone groups is 1. The normalized spacial score (nSPS) is 22.2. The van der Waals surface area contributed by atoms with Crippen molar-refractivity contribution in [3.05, 3.63) is 41.2 Å². The van der Waals surface area contributed by atoms with Gasteiger partial charge in [0.25, 0.3) is 5.91 Å². The lowest BCUT2D eigenvalue weighted by molar-refractivity contribution is -0.110. The molecule has 0 spiro atoms. The minimum absolute atomic E-state index is 0.0721. The van der Waals surface area contributed by atoms with Gasteiger partial charge in [-0.15, -0.1) is 0 Å². The molecule has 0 atom stereocenters. The topological polar surface area (TPSA) is 118 Å². The summed E-state index contributed by atoms with van der Waals surface area (Å²) in [4.78, 5) is 22.3. The van der Waals surface area contributed by atoms with Crippen molar-refractivity contribution < 1.29 is 27.5 Å². The van der Waals surface area contributed by atoms with Crippen molar-refractivity contribution in [1.82, 2.24) is 4.98 Å². The van der Waals surface area contributed by atoms with E-state index < -0.39 is 20.9 Å². The Kier molecular flexibility index (Phi) is 6.35. The van der Waals surface area contributed by atoms with Gasteiger partial charge in [-0.25, -0.2) is 13.4 Å². The summed E-state index contributed by atoms with van der Waals surface area (Å²) in [5, 5.41) is 15.4. The smallest absolute Gasteiger partial charge is 0.280 e. The van der Waals surface area contributed by atoms with Crippen LogP contribution >= 0.6 is 11.3 Å². The number of aliphatic hydroxyl groups excluding tert-OH is 1. The number of aromatic nitrogens is 1. The molecular formula is C20H22FN3O5S2. The van der Waals surface area contributed by atoms with E-state index in [-0.39, 0.29) is 33.2 Å². The molecule has 1 aromatic carbocycles. The SMILES string of the molecule is O=C(Nc1ncc(F)s1)/C(=N/O[C@H]1CC[C@H](O)CC1)c1ccc(S(=O)(=O)C2CC2)cc1. The van der Waals surface area contributed by atoms with E-state index >= 15 is 0 Å². The summed E-state index contributed by atoms with van der Waals surface area (Å²) in [6.45, 7) is 0. The summed E-state index contributed by atoms with van der Waals surface area (Å²) in [7, 11) is -3.35. The van der Waals surface area contributed by atoms with E-state index in [4.69, 9.17) is 4.84 Å². The molecule has 1 aromatic heterocycles. The predicted molar refractivity (Wildman–Crippen MR) is 113 cm³/mol. The first-order chi connectivity index (χ1) is 14.8. The quantitative estimate of drug-likeness (QED) is 0.478. The van der Waals surface area contributed by atoms with Gasteiger partial charge in [-0.05, 0) is 50.7 Å². The van der Waals surface area contributed by atoms with Crippen LogP contribution in [0.25, 0.3) is 0 Å². The van der Waals surface area contributed by atoms with Gasteiger partial charge in [0.15, 0.2) is 25.8 Å². The van der Waals surface area contributed by atoms with E-state index in [0.29, 0.717) is 55.4 Å². The van der Waals surface area contributed by atoms with E-state index in [1.165, 1.54) is 24.3 Å². The highest BCUT2D eigenvalue weighted by Crippen LogP contribution is 2.33. The third kappa shape index (κ3) is 5.28. The van der Waals surface area contributed by atoms with Crippen molar-refractivity contribution in [1.29, 1.82) is 0 Å². The lowest BCUT2D eigenvalue weighted by Gasteiger charge is -2.23. The fourth-order valence-corrected chi connectivity index (χ4v) is 5.54. The molecule has 8 nitrogen and oxygen atoms in total. The molecule has 0 bridgehead atoms. The third-order valence-electron chi connectivity index (χ3n) is 5.27. The zero-order valence-corrected chi connectivity index (χ0v) is 18.2. The van der Waals surface area contributed by atoms with Crippen LogP contribution in [0, 0.1) is 5.13 Å². The molecule has 0 radical (unpaired) electrons. The standard InChI is InChI=1S/C20H22FN3O5S2/c21-17-11-22-20(30-17)23-19(26)18(24-29-14-5-3-13(25)4-6-14)12-1-7-15(8-2-12)31(27,28)16-9-10-16/h1-2,7-8,11,13-14,16,25H,3-6,9-10H2,(H,22,23,26)/b24-18+/t13-,14-. The molecule has 31 heavy (non-hydrogen) atoms. The fourth-order valence-electron chi connectivity index (χ4n) is 3.34. The molecule has 2 saturated carbocycles. The lowest BCUT2D eigenvalue weighted by atomic mass is 9.95. The molecule has 1 amide bonds. The number of halogens is 1. The van der Waals surface area contributed by atoms with Crippen LogP contribution in [-0.2, 0) is 19.5 Å². The summed E-state index contributed by atoms with van der Waals surface area (Å²) >= 11 is 0.678. The number of nitrogens with one attached hydrogen (secondary N) is 1. The van der Waals surface area contributed by atoms with Crippen molar-refractivity contribution in [3.63, 3.8) is 0 Å². The maximum Gasteiger partial charge on any atom is 0.280 e. The van der Waals surface area contributed by atoms with Crippen LogP contribution in [-0.4, -0.2) is 47.6 Å². The number of hydrogen-bond donors (Lipinski definition) is 2. The molecule has 2 aliphatic carbocycles. The monoisotopic (exact) mass is 467 g/mol. The number of anilines is 1. The number of thiazole rings is 1. The Morgan fingerprint density at radius 1 is 1.16 bits per heavy atom. The van der Waals surface area contributed by atoms with Crippen molar-refractivity contribution in [2.75, 3.05) is 5.32 Å². The van der Waals surface area contributed by atoms with E-state index in [1.807, 2.05) is 0 Å². The van der Waals surface area contributed by atoms with Gasteiger partial charge < -0.3 is 9.94 Å². The van der Waals surface area contributed by atoms with Crippen molar-refractivity contribution in [2.24, 2.45) is 5.16 Å². The molecular weight excluding hydrogens is 445 g/mol. The van der Waals surface area contributed by atoms with Gasteiger partial charge in [0, 0.05) is 5.56 Å². The molecule has 2 aromatic rings. The van der Waals surface area contributed by atoms with Crippen LogP contribution in [0.15, 0.2) is 40.5 Å². The maximum atomic E-state index is 13.2. The van der Waals surface area contributed by atoms with Crippen LogP contribution in [0.4, 0.5) is 9.52 Å².